The molecule has 2 aromatic rings. The van der Waals surface area contributed by atoms with Crippen LogP contribution in [0.25, 0.3) is 10.8 Å². The molecule has 0 unspecified atom stereocenters. The smallest absolute Gasteiger partial charge is 0.305 e. The minimum Gasteiger partial charge on any atom is -0.466 e. The molecule has 2 aromatic carbocycles. The van der Waals surface area contributed by atoms with Crippen molar-refractivity contribution >= 4 is 26.8 Å². The SMILES string of the molecule is CCOC(=O)CCCNS(=O)(=O)c1ccc2ccccc2c1. The van der Waals surface area contributed by atoms with Crippen molar-refractivity contribution in [3.05, 3.63) is 42.5 Å². The van der Waals surface area contributed by atoms with Crippen LogP contribution in [0.4, 0.5) is 0 Å². The van der Waals surface area contributed by atoms with E-state index in [0.29, 0.717) is 13.0 Å². The highest BCUT2D eigenvalue weighted by Crippen LogP contribution is 2.18. The van der Waals surface area contributed by atoms with E-state index in [1.165, 1.54) is 0 Å². The Hall–Kier alpha value is -1.92. The quantitative estimate of drug-likeness (QED) is 0.628. The third-order valence-electron chi connectivity index (χ3n) is 3.19. The first-order chi connectivity index (χ1) is 10.5. The topological polar surface area (TPSA) is 72.5 Å². The molecule has 0 aliphatic carbocycles. The van der Waals surface area contributed by atoms with Crippen LogP contribution in [0.1, 0.15) is 19.8 Å². The fourth-order valence-electron chi connectivity index (χ4n) is 2.09. The first kappa shape index (κ1) is 16.5. The maximum Gasteiger partial charge on any atom is 0.305 e. The standard InChI is InChI=1S/C16H19NO4S/c1-2-21-16(18)8-5-11-17-22(19,20)15-10-9-13-6-3-4-7-14(13)12-15/h3-4,6-7,9-10,12,17H,2,5,8,11H2,1H3. The van der Waals surface area contributed by atoms with E-state index in [4.69, 9.17) is 4.74 Å². The number of benzene rings is 2. The van der Waals surface area contributed by atoms with Crippen molar-refractivity contribution in [1.82, 2.24) is 4.72 Å². The van der Waals surface area contributed by atoms with Crippen LogP contribution in [0, 0.1) is 0 Å². The molecule has 0 aliphatic heterocycles. The lowest BCUT2D eigenvalue weighted by Gasteiger charge is -2.08. The molecule has 0 saturated carbocycles. The Bertz CT molecular complexity index is 756. The van der Waals surface area contributed by atoms with Crippen molar-refractivity contribution < 1.29 is 17.9 Å². The summed E-state index contributed by atoms with van der Waals surface area (Å²) in [4.78, 5) is 11.4. The van der Waals surface area contributed by atoms with E-state index in [2.05, 4.69) is 4.72 Å². The molecule has 1 N–H and O–H groups in total. The van der Waals surface area contributed by atoms with Gasteiger partial charge in [-0.3, -0.25) is 4.79 Å². The largest absolute Gasteiger partial charge is 0.466 e. The number of fused-ring (bicyclic) bond motifs is 1. The van der Waals surface area contributed by atoms with Gasteiger partial charge < -0.3 is 4.74 Å². The van der Waals surface area contributed by atoms with Gasteiger partial charge in [-0.15, -0.1) is 0 Å². The molecular formula is C16H19NO4S. The normalized spacial score (nSPS) is 11.5. The van der Waals surface area contributed by atoms with Crippen LogP contribution in [0.2, 0.25) is 0 Å². The molecule has 2 rings (SSSR count). The van der Waals surface area contributed by atoms with Gasteiger partial charge in [0, 0.05) is 13.0 Å². The molecule has 22 heavy (non-hydrogen) atoms. The van der Waals surface area contributed by atoms with Gasteiger partial charge >= 0.3 is 5.97 Å². The third-order valence-corrected chi connectivity index (χ3v) is 4.65. The molecule has 5 nitrogen and oxygen atoms in total. The minimum atomic E-state index is -3.56. The van der Waals surface area contributed by atoms with Gasteiger partial charge in [0.25, 0.3) is 0 Å². The molecule has 0 heterocycles. The third kappa shape index (κ3) is 4.29. The average molecular weight is 321 g/mol. The monoisotopic (exact) mass is 321 g/mol. The summed E-state index contributed by atoms with van der Waals surface area (Å²) in [6.45, 7) is 2.27. The van der Waals surface area contributed by atoms with Gasteiger partial charge in [0.05, 0.1) is 11.5 Å². The molecule has 6 heteroatoms. The summed E-state index contributed by atoms with van der Waals surface area (Å²) in [5.74, 6) is -0.313. The Morgan fingerprint density at radius 2 is 1.86 bits per heavy atom. The Balaban J connectivity index is 1.98. The van der Waals surface area contributed by atoms with Crippen molar-refractivity contribution in [2.45, 2.75) is 24.7 Å². The summed E-state index contributed by atoms with van der Waals surface area (Å²) in [7, 11) is -3.56. The first-order valence-electron chi connectivity index (χ1n) is 7.17. The van der Waals surface area contributed by atoms with E-state index < -0.39 is 10.0 Å². The Labute approximate surface area is 130 Å². The molecule has 0 atom stereocenters. The highest BCUT2D eigenvalue weighted by Gasteiger charge is 2.14. The van der Waals surface area contributed by atoms with E-state index >= 15 is 0 Å². The van der Waals surface area contributed by atoms with Crippen LogP contribution in [-0.4, -0.2) is 27.5 Å². The van der Waals surface area contributed by atoms with Gasteiger partial charge in [-0.2, -0.15) is 0 Å². The number of rotatable bonds is 7. The van der Waals surface area contributed by atoms with Crippen molar-refractivity contribution in [2.75, 3.05) is 13.2 Å². The zero-order chi connectivity index (χ0) is 16.0. The lowest BCUT2D eigenvalue weighted by Crippen LogP contribution is -2.25. The van der Waals surface area contributed by atoms with Crippen molar-refractivity contribution in [2.24, 2.45) is 0 Å². The number of carbonyl (C=O) groups is 1. The first-order valence-corrected chi connectivity index (χ1v) is 8.65. The molecule has 0 spiro atoms. The molecule has 0 radical (unpaired) electrons. The van der Waals surface area contributed by atoms with E-state index in [-0.39, 0.29) is 23.8 Å². The highest BCUT2D eigenvalue weighted by molar-refractivity contribution is 7.89. The second-order valence-corrected chi connectivity index (χ2v) is 6.58. The van der Waals surface area contributed by atoms with Gasteiger partial charge in [0.15, 0.2) is 0 Å². The maximum absolute atomic E-state index is 12.2. The summed E-state index contributed by atoms with van der Waals surface area (Å²) in [5.41, 5.74) is 0. The number of sulfonamides is 1. The van der Waals surface area contributed by atoms with Crippen LogP contribution in [0.15, 0.2) is 47.4 Å². The van der Waals surface area contributed by atoms with Gasteiger partial charge in [-0.1, -0.05) is 30.3 Å². The van der Waals surface area contributed by atoms with Crippen LogP contribution in [0.5, 0.6) is 0 Å². The predicted molar refractivity (Wildman–Crippen MR) is 85.0 cm³/mol. The lowest BCUT2D eigenvalue weighted by atomic mass is 10.1. The van der Waals surface area contributed by atoms with Gasteiger partial charge in [0.2, 0.25) is 10.0 Å². The summed E-state index contributed by atoms with van der Waals surface area (Å²) in [6.07, 6.45) is 0.611. The van der Waals surface area contributed by atoms with Gasteiger partial charge in [-0.25, -0.2) is 13.1 Å². The molecule has 0 fully saturated rings. The maximum atomic E-state index is 12.2. The van der Waals surface area contributed by atoms with Crippen LogP contribution >= 0.6 is 0 Å². The molecular weight excluding hydrogens is 302 g/mol. The lowest BCUT2D eigenvalue weighted by molar-refractivity contribution is -0.143. The zero-order valence-corrected chi connectivity index (χ0v) is 13.2. The molecule has 0 saturated heterocycles. The Morgan fingerprint density at radius 3 is 2.59 bits per heavy atom. The molecule has 0 bridgehead atoms. The zero-order valence-electron chi connectivity index (χ0n) is 12.4. The van der Waals surface area contributed by atoms with Gasteiger partial charge in [0.1, 0.15) is 0 Å². The van der Waals surface area contributed by atoms with Crippen LogP contribution < -0.4 is 4.72 Å². The molecule has 0 aromatic heterocycles. The van der Waals surface area contributed by atoms with Crippen molar-refractivity contribution in [3.63, 3.8) is 0 Å². The van der Waals surface area contributed by atoms with Crippen molar-refractivity contribution in [3.8, 4) is 0 Å². The summed E-state index contributed by atoms with van der Waals surface area (Å²) >= 11 is 0. The van der Waals surface area contributed by atoms with E-state index in [1.807, 2.05) is 24.3 Å². The molecule has 0 amide bonds. The predicted octanol–water partition coefficient (Wildman–Crippen LogP) is 2.46. The second kappa shape index (κ2) is 7.38. The number of hydrogen-bond donors (Lipinski definition) is 1. The number of esters is 1. The van der Waals surface area contributed by atoms with Crippen molar-refractivity contribution in [1.29, 1.82) is 0 Å². The Morgan fingerprint density at radius 1 is 1.14 bits per heavy atom. The minimum absolute atomic E-state index is 0.202. The van der Waals surface area contributed by atoms with Crippen LogP contribution in [0.3, 0.4) is 0 Å². The van der Waals surface area contributed by atoms with Gasteiger partial charge in [-0.05, 0) is 36.2 Å². The highest BCUT2D eigenvalue weighted by atomic mass is 32.2. The fraction of sp³-hybridized carbons (Fsp3) is 0.312. The fourth-order valence-corrected chi connectivity index (χ4v) is 3.20. The number of hydrogen-bond acceptors (Lipinski definition) is 4. The Kier molecular flexibility index (Phi) is 5.51. The van der Waals surface area contributed by atoms with E-state index in [9.17, 15) is 13.2 Å². The molecule has 0 aliphatic rings. The summed E-state index contributed by atoms with van der Waals surface area (Å²) in [5, 5.41) is 1.86. The summed E-state index contributed by atoms with van der Waals surface area (Å²) < 4.78 is 31.7. The molecule has 118 valence electrons. The van der Waals surface area contributed by atoms with E-state index in [1.54, 1.807) is 25.1 Å². The second-order valence-electron chi connectivity index (χ2n) is 4.82. The average Bonchev–Trinajstić information content (AvgIpc) is 2.51. The summed E-state index contributed by atoms with van der Waals surface area (Å²) in [6, 6.07) is 12.6. The van der Waals surface area contributed by atoms with E-state index in [0.717, 1.165) is 10.8 Å². The van der Waals surface area contributed by atoms with Crippen LogP contribution in [-0.2, 0) is 19.6 Å². The number of carbonyl (C=O) groups excluding carboxylic acids is 1. The number of nitrogens with one attached hydrogen (secondary N) is 1. The number of ether oxygens (including phenoxy) is 1.